The summed E-state index contributed by atoms with van der Waals surface area (Å²) in [5, 5.41) is 0. The van der Waals surface area contributed by atoms with Gasteiger partial charge in [0.2, 0.25) is 0 Å². The Morgan fingerprint density at radius 2 is 1.86 bits per heavy atom. The molecule has 1 aromatic rings. The first-order valence-corrected chi connectivity index (χ1v) is 3.74. The molecule has 1 aromatic carbocycles. The molecule has 0 spiro atoms. The Morgan fingerprint density at radius 1 is 1.29 bits per heavy atom. The number of rotatable bonds is 2. The van der Waals surface area contributed by atoms with Crippen molar-refractivity contribution < 1.29 is 18.0 Å². The Hall–Kier alpha value is -1.52. The summed E-state index contributed by atoms with van der Waals surface area (Å²) in [6.07, 6.45) is -3.08. The van der Waals surface area contributed by atoms with Crippen LogP contribution in [0.2, 0.25) is 0 Å². The lowest BCUT2D eigenvalue weighted by Crippen LogP contribution is -2.19. The second kappa shape index (κ2) is 3.69. The van der Waals surface area contributed by atoms with Gasteiger partial charge < -0.3 is 4.90 Å². The number of benzene rings is 1. The molecular weight excluding hydrogens is 195 g/mol. The normalized spacial score (nSPS) is 11.1. The van der Waals surface area contributed by atoms with Crippen molar-refractivity contribution in [2.24, 2.45) is 0 Å². The van der Waals surface area contributed by atoms with Crippen LogP contribution >= 0.6 is 0 Å². The van der Waals surface area contributed by atoms with Gasteiger partial charge in [0, 0.05) is 7.05 Å². The number of hydrogen-bond donors (Lipinski definition) is 0. The molecule has 0 unspecified atom stereocenters. The maximum atomic E-state index is 12.4. The molecule has 0 bridgehead atoms. The van der Waals surface area contributed by atoms with E-state index in [1.807, 2.05) is 0 Å². The molecule has 1 amide bonds. The lowest BCUT2D eigenvalue weighted by atomic mass is 10.1. The van der Waals surface area contributed by atoms with E-state index in [4.69, 9.17) is 0 Å². The topological polar surface area (TPSA) is 20.3 Å². The Labute approximate surface area is 78.9 Å². The van der Waals surface area contributed by atoms with Crippen LogP contribution < -0.4 is 4.90 Å². The number of nitrogens with zero attached hydrogens (tertiary/aromatic N) is 1. The largest absolute Gasteiger partial charge is 0.418 e. The molecule has 0 aliphatic rings. The predicted molar refractivity (Wildman–Crippen MR) is 45.5 cm³/mol. The molecule has 0 aliphatic carbocycles. The summed E-state index contributed by atoms with van der Waals surface area (Å²) in [5.74, 6) is 0. The molecule has 0 atom stereocenters. The van der Waals surface area contributed by atoms with E-state index in [2.05, 4.69) is 0 Å². The van der Waals surface area contributed by atoms with Gasteiger partial charge in [0.05, 0.1) is 11.3 Å². The van der Waals surface area contributed by atoms with Crippen LogP contribution in [0.15, 0.2) is 24.3 Å². The average Bonchev–Trinajstić information content (AvgIpc) is 2.15. The monoisotopic (exact) mass is 202 g/mol. The highest BCUT2D eigenvalue weighted by molar-refractivity contribution is 5.76. The van der Waals surface area contributed by atoms with E-state index in [9.17, 15) is 18.0 Å². The van der Waals surface area contributed by atoms with Crippen molar-refractivity contribution in [2.45, 2.75) is 6.18 Å². The van der Waals surface area contributed by atoms with Crippen LogP contribution in [-0.2, 0) is 11.0 Å². The van der Waals surface area contributed by atoms with Gasteiger partial charge in [-0.15, -0.1) is 0 Å². The van der Waals surface area contributed by atoms with Gasteiger partial charge in [-0.25, -0.2) is 0 Å². The second-order valence-electron chi connectivity index (χ2n) is 2.67. The van der Waals surface area contributed by atoms with Gasteiger partial charge in [0.15, 0.2) is 0 Å². The minimum Gasteiger partial charge on any atom is -0.307 e. The molecule has 75 valence electrons. The quantitative estimate of drug-likeness (QED) is 0.673. The van der Waals surface area contributed by atoms with Gasteiger partial charge in [0.1, 0.15) is 0 Å². The zero-order valence-electron chi connectivity index (χ0n) is 7.30. The summed E-state index contributed by atoms with van der Waals surface area (Å²) >= 11 is 0. The van der Waals surface area contributed by atoms with Crippen molar-refractivity contribution in [3.63, 3.8) is 0 Å². The lowest BCUT2D eigenvalue weighted by Gasteiger charge is -2.16. The zero-order valence-corrected chi connectivity index (χ0v) is 7.30. The van der Waals surface area contributed by atoms with Crippen molar-refractivity contribution in [1.82, 2.24) is 0 Å². The SMILES string of the molecule is CN([C]=O)c1ccccc1C(F)(F)F. The molecule has 0 N–H and O–H groups in total. The molecule has 0 saturated carbocycles. The van der Waals surface area contributed by atoms with Crippen molar-refractivity contribution in [1.29, 1.82) is 0 Å². The highest BCUT2D eigenvalue weighted by atomic mass is 19.4. The standard InChI is InChI=1S/C9H7F3NO/c1-13(6-14)8-5-3-2-4-7(8)9(10,11)12/h2-5H,1H3. The number of halogens is 3. The molecule has 1 radical (unpaired) electrons. The average molecular weight is 202 g/mol. The fourth-order valence-corrected chi connectivity index (χ4v) is 1.06. The van der Waals surface area contributed by atoms with Crippen molar-refractivity contribution >= 4 is 12.1 Å². The summed E-state index contributed by atoms with van der Waals surface area (Å²) in [6, 6.07) is 4.83. The van der Waals surface area contributed by atoms with Crippen molar-refractivity contribution in [3.8, 4) is 0 Å². The number of hydrogen-bond acceptors (Lipinski definition) is 1. The van der Waals surface area contributed by atoms with Crippen LogP contribution in [0, 0.1) is 0 Å². The predicted octanol–water partition coefficient (Wildman–Crippen LogP) is 2.21. The minimum absolute atomic E-state index is 0.199. The van der Waals surface area contributed by atoms with E-state index < -0.39 is 11.7 Å². The molecular formula is C9H7F3NO. The van der Waals surface area contributed by atoms with Crippen LogP contribution in [0.5, 0.6) is 0 Å². The van der Waals surface area contributed by atoms with E-state index in [1.54, 1.807) is 0 Å². The number of anilines is 1. The highest BCUT2D eigenvalue weighted by Gasteiger charge is 2.34. The molecule has 1 rings (SSSR count). The van der Waals surface area contributed by atoms with Crippen molar-refractivity contribution in [2.75, 3.05) is 11.9 Å². The number of carbonyl (C=O) groups excluding carboxylic acids is 1. The molecule has 2 nitrogen and oxygen atoms in total. The minimum atomic E-state index is -4.46. The summed E-state index contributed by atoms with van der Waals surface area (Å²) in [5.41, 5.74) is -1.04. The summed E-state index contributed by atoms with van der Waals surface area (Å²) in [6.45, 7) is 0. The Morgan fingerprint density at radius 3 is 2.36 bits per heavy atom. The lowest BCUT2D eigenvalue weighted by molar-refractivity contribution is -0.137. The molecule has 0 heterocycles. The molecule has 0 saturated heterocycles. The molecule has 0 fully saturated rings. The fraction of sp³-hybridized carbons (Fsp3) is 0.222. The van der Waals surface area contributed by atoms with Crippen LogP contribution in [0.3, 0.4) is 0 Å². The number of alkyl halides is 3. The maximum Gasteiger partial charge on any atom is 0.418 e. The van der Waals surface area contributed by atoms with Crippen LogP contribution in [0.25, 0.3) is 0 Å². The van der Waals surface area contributed by atoms with Crippen LogP contribution in [-0.4, -0.2) is 13.5 Å². The molecule has 0 aromatic heterocycles. The second-order valence-corrected chi connectivity index (χ2v) is 2.67. The van der Waals surface area contributed by atoms with E-state index in [0.29, 0.717) is 0 Å². The third-order valence-electron chi connectivity index (χ3n) is 1.71. The summed E-state index contributed by atoms with van der Waals surface area (Å²) in [4.78, 5) is 11.0. The third-order valence-corrected chi connectivity index (χ3v) is 1.71. The van der Waals surface area contributed by atoms with Gasteiger partial charge in [0.25, 0.3) is 0 Å². The zero-order chi connectivity index (χ0) is 10.8. The first kappa shape index (κ1) is 10.6. The van der Waals surface area contributed by atoms with Gasteiger partial charge in [-0.3, -0.25) is 4.79 Å². The molecule has 5 heteroatoms. The van der Waals surface area contributed by atoms with E-state index in [-0.39, 0.29) is 5.69 Å². The summed E-state index contributed by atoms with van der Waals surface area (Å²) in [7, 11) is 1.22. The van der Waals surface area contributed by atoms with E-state index in [0.717, 1.165) is 11.0 Å². The number of para-hydroxylation sites is 1. The Balaban J connectivity index is 3.22. The number of amides is 1. The van der Waals surface area contributed by atoms with Gasteiger partial charge in [-0.2, -0.15) is 13.2 Å². The van der Waals surface area contributed by atoms with Crippen LogP contribution in [0.4, 0.5) is 18.9 Å². The Bertz CT molecular complexity index is 335. The molecule has 14 heavy (non-hydrogen) atoms. The van der Waals surface area contributed by atoms with Crippen LogP contribution in [0.1, 0.15) is 5.56 Å². The van der Waals surface area contributed by atoms with Gasteiger partial charge in [-0.05, 0) is 12.1 Å². The van der Waals surface area contributed by atoms with Gasteiger partial charge >= 0.3 is 12.6 Å². The highest BCUT2D eigenvalue weighted by Crippen LogP contribution is 2.35. The fourth-order valence-electron chi connectivity index (χ4n) is 1.06. The first-order chi connectivity index (χ1) is 6.46. The smallest absolute Gasteiger partial charge is 0.307 e. The van der Waals surface area contributed by atoms with E-state index >= 15 is 0 Å². The maximum absolute atomic E-state index is 12.4. The van der Waals surface area contributed by atoms with E-state index in [1.165, 1.54) is 31.7 Å². The Kier molecular flexibility index (Phi) is 2.78. The van der Waals surface area contributed by atoms with Gasteiger partial charge in [-0.1, -0.05) is 12.1 Å². The first-order valence-electron chi connectivity index (χ1n) is 3.74. The molecule has 0 aliphatic heterocycles. The van der Waals surface area contributed by atoms with Crippen molar-refractivity contribution in [3.05, 3.63) is 29.8 Å². The third kappa shape index (κ3) is 2.04. The summed E-state index contributed by atoms with van der Waals surface area (Å²) < 4.78 is 37.2.